The maximum Gasteiger partial charge on any atom is 0.317 e. The summed E-state index contributed by atoms with van der Waals surface area (Å²) in [5.41, 5.74) is 1.15. The molecule has 0 atom stereocenters. The fourth-order valence-electron chi connectivity index (χ4n) is 2.83. The van der Waals surface area contributed by atoms with Gasteiger partial charge in [-0.1, -0.05) is 30.3 Å². The predicted octanol–water partition coefficient (Wildman–Crippen LogP) is 2.11. The molecule has 0 saturated carbocycles. The lowest BCUT2D eigenvalue weighted by atomic mass is 10.1. The molecule has 1 aliphatic rings. The van der Waals surface area contributed by atoms with Gasteiger partial charge in [0.05, 0.1) is 12.0 Å². The number of likely N-dealkylation sites (tertiary alicyclic amines) is 1. The SMILES string of the molecule is COc1ccc(S(=O)(=O)C2CN(C(=O)NCCc3ccccc3)C2)cc1. The van der Waals surface area contributed by atoms with Crippen LogP contribution in [0.4, 0.5) is 4.79 Å². The molecule has 0 aromatic heterocycles. The largest absolute Gasteiger partial charge is 0.497 e. The van der Waals surface area contributed by atoms with Gasteiger partial charge in [-0.05, 0) is 36.2 Å². The molecule has 1 heterocycles. The van der Waals surface area contributed by atoms with E-state index in [0.29, 0.717) is 12.3 Å². The van der Waals surface area contributed by atoms with E-state index in [1.165, 1.54) is 24.1 Å². The summed E-state index contributed by atoms with van der Waals surface area (Å²) >= 11 is 0. The normalized spacial score (nSPS) is 14.6. The Balaban J connectivity index is 1.48. The molecule has 1 N–H and O–H groups in total. The lowest BCUT2D eigenvalue weighted by Crippen LogP contribution is -2.59. The second kappa shape index (κ2) is 7.78. The lowest BCUT2D eigenvalue weighted by Gasteiger charge is -2.38. The minimum absolute atomic E-state index is 0.214. The molecular formula is C19H22N2O4S. The molecule has 0 spiro atoms. The Labute approximate surface area is 153 Å². The first kappa shape index (κ1) is 18.3. The highest BCUT2D eigenvalue weighted by Gasteiger charge is 2.40. The summed E-state index contributed by atoms with van der Waals surface area (Å²) < 4.78 is 30.2. The number of hydrogen-bond acceptors (Lipinski definition) is 4. The summed E-state index contributed by atoms with van der Waals surface area (Å²) in [6.45, 7) is 0.951. The van der Waals surface area contributed by atoms with Crippen molar-refractivity contribution in [1.29, 1.82) is 0 Å². The highest BCUT2D eigenvalue weighted by molar-refractivity contribution is 7.92. The van der Waals surface area contributed by atoms with Gasteiger partial charge in [0.25, 0.3) is 0 Å². The Morgan fingerprint density at radius 1 is 1.12 bits per heavy atom. The van der Waals surface area contributed by atoms with Gasteiger partial charge in [0.2, 0.25) is 0 Å². The summed E-state index contributed by atoms with van der Waals surface area (Å²) in [5, 5.41) is 2.28. The monoisotopic (exact) mass is 374 g/mol. The molecule has 2 amide bonds. The number of nitrogens with zero attached hydrogens (tertiary/aromatic N) is 1. The van der Waals surface area contributed by atoms with Crippen molar-refractivity contribution in [3.8, 4) is 5.75 Å². The van der Waals surface area contributed by atoms with E-state index in [1.54, 1.807) is 12.1 Å². The number of benzene rings is 2. The summed E-state index contributed by atoms with van der Waals surface area (Å²) in [5.74, 6) is 0.608. The maximum absolute atomic E-state index is 12.6. The fourth-order valence-corrected chi connectivity index (χ4v) is 4.48. The third-order valence-electron chi connectivity index (χ3n) is 4.49. The zero-order valence-electron chi connectivity index (χ0n) is 14.6. The van der Waals surface area contributed by atoms with Crippen molar-refractivity contribution in [3.05, 3.63) is 60.2 Å². The third-order valence-corrected chi connectivity index (χ3v) is 6.60. The average Bonchev–Trinajstić information content (AvgIpc) is 2.61. The molecule has 2 aromatic rings. The number of rotatable bonds is 6. The molecule has 26 heavy (non-hydrogen) atoms. The van der Waals surface area contributed by atoms with Crippen LogP contribution < -0.4 is 10.1 Å². The van der Waals surface area contributed by atoms with Crippen LogP contribution in [0.5, 0.6) is 5.75 Å². The molecule has 1 aliphatic heterocycles. The highest BCUT2D eigenvalue weighted by Crippen LogP contribution is 2.25. The van der Waals surface area contributed by atoms with Crippen LogP contribution in [0, 0.1) is 0 Å². The molecule has 2 aromatic carbocycles. The Bertz CT molecular complexity index is 845. The minimum Gasteiger partial charge on any atom is -0.497 e. The minimum atomic E-state index is -3.43. The van der Waals surface area contributed by atoms with Gasteiger partial charge in [-0.2, -0.15) is 0 Å². The highest BCUT2D eigenvalue weighted by atomic mass is 32.2. The number of carbonyl (C=O) groups is 1. The number of urea groups is 1. The van der Waals surface area contributed by atoms with Crippen LogP contribution in [-0.2, 0) is 16.3 Å². The molecule has 0 radical (unpaired) electrons. The number of amides is 2. The van der Waals surface area contributed by atoms with Crippen molar-refractivity contribution < 1.29 is 17.9 Å². The standard InChI is InChI=1S/C19H22N2O4S/c1-25-16-7-9-17(10-8-16)26(23,24)18-13-21(14-18)19(22)20-12-11-15-5-3-2-4-6-15/h2-10,18H,11-14H2,1H3,(H,20,22). The number of ether oxygens (including phenoxy) is 1. The van der Waals surface area contributed by atoms with Gasteiger partial charge in [0, 0.05) is 19.6 Å². The van der Waals surface area contributed by atoms with Crippen molar-refractivity contribution >= 4 is 15.9 Å². The Hall–Kier alpha value is -2.54. The van der Waals surface area contributed by atoms with Gasteiger partial charge in [-0.15, -0.1) is 0 Å². The van der Waals surface area contributed by atoms with Crippen LogP contribution in [-0.4, -0.2) is 51.3 Å². The van der Waals surface area contributed by atoms with Crippen molar-refractivity contribution in [2.24, 2.45) is 0 Å². The van der Waals surface area contributed by atoms with Crippen LogP contribution in [0.1, 0.15) is 5.56 Å². The van der Waals surface area contributed by atoms with Gasteiger partial charge >= 0.3 is 6.03 Å². The number of nitrogens with one attached hydrogen (secondary N) is 1. The third kappa shape index (κ3) is 3.99. The molecular weight excluding hydrogens is 352 g/mol. The molecule has 0 aliphatic carbocycles. The molecule has 6 nitrogen and oxygen atoms in total. The smallest absolute Gasteiger partial charge is 0.317 e. The summed E-state index contributed by atoms with van der Waals surface area (Å²) in [4.78, 5) is 13.9. The summed E-state index contributed by atoms with van der Waals surface area (Å²) in [6.07, 6.45) is 0.744. The zero-order valence-corrected chi connectivity index (χ0v) is 15.4. The second-order valence-electron chi connectivity index (χ2n) is 6.22. The number of sulfone groups is 1. The van der Waals surface area contributed by atoms with E-state index in [2.05, 4.69) is 5.32 Å². The molecule has 0 bridgehead atoms. The van der Waals surface area contributed by atoms with Gasteiger partial charge in [-0.25, -0.2) is 13.2 Å². The quantitative estimate of drug-likeness (QED) is 0.840. The van der Waals surface area contributed by atoms with Gasteiger partial charge in [-0.3, -0.25) is 0 Å². The zero-order chi connectivity index (χ0) is 18.6. The second-order valence-corrected chi connectivity index (χ2v) is 8.44. The van der Waals surface area contributed by atoms with E-state index >= 15 is 0 Å². The first-order chi connectivity index (χ1) is 12.5. The van der Waals surface area contributed by atoms with Crippen LogP contribution in [0.2, 0.25) is 0 Å². The van der Waals surface area contributed by atoms with E-state index < -0.39 is 15.1 Å². The Kier molecular flexibility index (Phi) is 5.46. The van der Waals surface area contributed by atoms with Gasteiger partial charge in [0.15, 0.2) is 9.84 Å². The fraction of sp³-hybridized carbons (Fsp3) is 0.316. The molecule has 1 fully saturated rings. The van der Waals surface area contributed by atoms with Gasteiger partial charge < -0.3 is 15.0 Å². The van der Waals surface area contributed by atoms with Crippen LogP contribution in [0.15, 0.2) is 59.5 Å². The Morgan fingerprint density at radius 2 is 1.77 bits per heavy atom. The van der Waals surface area contributed by atoms with Crippen molar-refractivity contribution in [2.75, 3.05) is 26.7 Å². The Morgan fingerprint density at radius 3 is 2.38 bits per heavy atom. The first-order valence-electron chi connectivity index (χ1n) is 8.45. The number of methoxy groups -OCH3 is 1. The van der Waals surface area contributed by atoms with E-state index in [1.807, 2.05) is 30.3 Å². The number of hydrogen-bond donors (Lipinski definition) is 1. The molecule has 3 rings (SSSR count). The van der Waals surface area contributed by atoms with Crippen molar-refractivity contribution in [3.63, 3.8) is 0 Å². The van der Waals surface area contributed by atoms with E-state index in [9.17, 15) is 13.2 Å². The number of carbonyl (C=O) groups excluding carboxylic acids is 1. The van der Waals surface area contributed by atoms with Crippen molar-refractivity contribution in [1.82, 2.24) is 10.2 Å². The average molecular weight is 374 g/mol. The van der Waals surface area contributed by atoms with E-state index in [0.717, 1.165) is 12.0 Å². The maximum atomic E-state index is 12.6. The first-order valence-corrected chi connectivity index (χ1v) is 10.00. The van der Waals surface area contributed by atoms with Crippen molar-refractivity contribution in [2.45, 2.75) is 16.6 Å². The summed E-state index contributed by atoms with van der Waals surface area (Å²) in [7, 11) is -1.90. The molecule has 1 saturated heterocycles. The van der Waals surface area contributed by atoms with Gasteiger partial charge in [0.1, 0.15) is 11.0 Å². The van der Waals surface area contributed by atoms with E-state index in [-0.39, 0.29) is 24.0 Å². The van der Waals surface area contributed by atoms with Crippen LogP contribution in [0.3, 0.4) is 0 Å². The predicted molar refractivity (Wildman–Crippen MR) is 99.1 cm³/mol. The molecule has 7 heteroatoms. The van der Waals surface area contributed by atoms with Crippen LogP contribution in [0.25, 0.3) is 0 Å². The molecule has 138 valence electrons. The molecule has 0 unspecified atom stereocenters. The van der Waals surface area contributed by atoms with Crippen LogP contribution >= 0.6 is 0 Å². The lowest BCUT2D eigenvalue weighted by molar-refractivity contribution is 0.169. The topological polar surface area (TPSA) is 75.7 Å². The summed E-state index contributed by atoms with van der Waals surface area (Å²) in [6, 6.07) is 16.0. The van der Waals surface area contributed by atoms with E-state index in [4.69, 9.17) is 4.74 Å².